The fourth-order valence-electron chi connectivity index (χ4n) is 1.06. The predicted octanol–water partition coefficient (Wildman–Crippen LogP) is 0.768. The predicted molar refractivity (Wildman–Crippen MR) is 56.1 cm³/mol. The van der Waals surface area contributed by atoms with Crippen LogP contribution in [0.1, 0.15) is 19.7 Å². The molecule has 5 nitrogen and oxygen atoms in total. The van der Waals surface area contributed by atoms with Gasteiger partial charge in [-0.3, -0.25) is 4.79 Å². The number of hydrogen-bond donors (Lipinski definition) is 2. The third-order valence-electron chi connectivity index (χ3n) is 1.78. The highest BCUT2D eigenvalue weighted by atomic mass is 32.1. The van der Waals surface area contributed by atoms with Crippen molar-refractivity contribution in [2.75, 3.05) is 5.32 Å². The highest BCUT2D eigenvalue weighted by Crippen LogP contribution is 2.14. The molecule has 0 saturated heterocycles. The van der Waals surface area contributed by atoms with E-state index in [0.717, 1.165) is 0 Å². The fourth-order valence-corrected chi connectivity index (χ4v) is 1.67. The number of nitrogens with zero attached hydrogens (tertiary/aromatic N) is 2. The van der Waals surface area contributed by atoms with Gasteiger partial charge in [-0.25, -0.2) is 4.98 Å². The molecule has 1 aromatic heterocycles. The molecular weight excluding hydrogens is 200 g/mol. The van der Waals surface area contributed by atoms with Crippen LogP contribution < -0.4 is 11.1 Å². The Hall–Kier alpha value is -1.17. The maximum Gasteiger partial charge on any atom is 0.240 e. The van der Waals surface area contributed by atoms with Gasteiger partial charge in [-0.05, 0) is 12.8 Å². The number of nitrogens with one attached hydrogen (secondary N) is 1. The minimum absolute atomic E-state index is 0.136. The molecule has 0 saturated carbocycles. The number of hydrogen-bond acceptors (Lipinski definition) is 5. The molecule has 1 heterocycles. The third kappa shape index (κ3) is 2.66. The summed E-state index contributed by atoms with van der Waals surface area (Å²) < 4.78 is 4.00. The zero-order chi connectivity index (χ0) is 10.7. The van der Waals surface area contributed by atoms with Crippen LogP contribution in [0.4, 0.5) is 5.13 Å². The molecule has 1 rings (SSSR count). The van der Waals surface area contributed by atoms with E-state index in [-0.39, 0.29) is 17.9 Å². The van der Waals surface area contributed by atoms with Gasteiger partial charge in [0.1, 0.15) is 11.9 Å². The van der Waals surface area contributed by atoms with E-state index in [9.17, 15) is 4.79 Å². The number of nitrogens with two attached hydrogens (primary N) is 1. The Morgan fingerprint density at radius 2 is 2.21 bits per heavy atom. The molecule has 0 spiro atoms. The lowest BCUT2D eigenvalue weighted by molar-refractivity contribution is -0.119. The van der Waals surface area contributed by atoms with Crippen LogP contribution in [0.15, 0.2) is 0 Å². The molecule has 1 atom stereocenters. The molecule has 6 heteroatoms. The number of anilines is 1. The topological polar surface area (TPSA) is 80.9 Å². The lowest BCUT2D eigenvalue weighted by Crippen LogP contribution is -2.39. The van der Waals surface area contributed by atoms with Gasteiger partial charge in [-0.1, -0.05) is 13.8 Å². The van der Waals surface area contributed by atoms with E-state index in [1.807, 2.05) is 13.8 Å². The molecule has 0 aliphatic rings. The zero-order valence-corrected chi connectivity index (χ0v) is 9.26. The Morgan fingerprint density at radius 1 is 1.57 bits per heavy atom. The fraction of sp³-hybridized carbons (Fsp3) is 0.625. The van der Waals surface area contributed by atoms with Crippen LogP contribution in [0.5, 0.6) is 0 Å². The van der Waals surface area contributed by atoms with Crippen LogP contribution in [-0.4, -0.2) is 21.3 Å². The molecule has 78 valence electrons. The first-order valence-corrected chi connectivity index (χ1v) is 5.14. The van der Waals surface area contributed by atoms with Crippen molar-refractivity contribution in [1.82, 2.24) is 9.36 Å². The molecule has 3 N–H and O–H groups in total. The summed E-state index contributed by atoms with van der Waals surface area (Å²) >= 11 is 1.23. The Labute approximate surface area is 86.9 Å². The average Bonchev–Trinajstić information content (AvgIpc) is 2.46. The first-order chi connectivity index (χ1) is 6.50. The van der Waals surface area contributed by atoms with Gasteiger partial charge in [-0.15, -0.1) is 0 Å². The van der Waals surface area contributed by atoms with Crippen LogP contribution in [0.2, 0.25) is 0 Å². The standard InChI is InChI=1S/C8H14N4OS/c1-4(2)6(7(9)13)11-8-10-5(3)12-14-8/h4,6H,1-3H3,(H2,9,13)(H,10,11,12)/t6-/m1/s1. The summed E-state index contributed by atoms with van der Waals surface area (Å²) in [6, 6.07) is -0.387. The van der Waals surface area contributed by atoms with Gasteiger partial charge in [0, 0.05) is 11.5 Å². The molecule has 1 amide bonds. The van der Waals surface area contributed by atoms with Crippen molar-refractivity contribution in [2.45, 2.75) is 26.8 Å². The first-order valence-electron chi connectivity index (χ1n) is 4.37. The highest BCUT2D eigenvalue weighted by Gasteiger charge is 2.20. The van der Waals surface area contributed by atoms with Crippen molar-refractivity contribution < 1.29 is 4.79 Å². The van der Waals surface area contributed by atoms with Gasteiger partial charge in [0.15, 0.2) is 0 Å². The van der Waals surface area contributed by atoms with Crippen molar-refractivity contribution in [1.29, 1.82) is 0 Å². The number of carbonyl (C=O) groups is 1. The van der Waals surface area contributed by atoms with Crippen LogP contribution in [0.25, 0.3) is 0 Å². The lowest BCUT2D eigenvalue weighted by atomic mass is 10.0. The van der Waals surface area contributed by atoms with Gasteiger partial charge < -0.3 is 11.1 Å². The molecular formula is C8H14N4OS. The van der Waals surface area contributed by atoms with Crippen molar-refractivity contribution in [3.8, 4) is 0 Å². The maximum atomic E-state index is 11.1. The second kappa shape index (κ2) is 4.36. The Kier molecular flexibility index (Phi) is 3.40. The average molecular weight is 214 g/mol. The molecule has 0 bridgehead atoms. The summed E-state index contributed by atoms with van der Waals surface area (Å²) in [5, 5.41) is 3.61. The van der Waals surface area contributed by atoms with Crippen molar-refractivity contribution >= 4 is 22.6 Å². The molecule has 0 aliphatic carbocycles. The molecule has 0 aromatic carbocycles. The summed E-state index contributed by atoms with van der Waals surface area (Å²) in [5.74, 6) is 0.467. The lowest BCUT2D eigenvalue weighted by Gasteiger charge is -2.17. The number of aryl methyl sites for hydroxylation is 1. The quantitative estimate of drug-likeness (QED) is 0.775. The van der Waals surface area contributed by atoms with Crippen LogP contribution in [0, 0.1) is 12.8 Å². The van der Waals surface area contributed by atoms with Crippen molar-refractivity contribution in [3.05, 3.63) is 5.82 Å². The van der Waals surface area contributed by atoms with Gasteiger partial charge in [0.25, 0.3) is 0 Å². The van der Waals surface area contributed by atoms with Gasteiger partial charge >= 0.3 is 0 Å². The normalized spacial score (nSPS) is 12.9. The van der Waals surface area contributed by atoms with Gasteiger partial charge in [0.05, 0.1) is 0 Å². The zero-order valence-electron chi connectivity index (χ0n) is 8.44. The van der Waals surface area contributed by atoms with E-state index in [2.05, 4.69) is 14.7 Å². The van der Waals surface area contributed by atoms with E-state index >= 15 is 0 Å². The summed E-state index contributed by atoms with van der Waals surface area (Å²) in [6.45, 7) is 5.66. The van der Waals surface area contributed by atoms with E-state index in [4.69, 9.17) is 5.73 Å². The van der Waals surface area contributed by atoms with E-state index in [1.165, 1.54) is 11.5 Å². The number of aromatic nitrogens is 2. The van der Waals surface area contributed by atoms with E-state index < -0.39 is 0 Å². The van der Waals surface area contributed by atoms with Crippen LogP contribution >= 0.6 is 11.5 Å². The SMILES string of the molecule is Cc1nsc(N[C@@H](C(N)=O)C(C)C)n1. The van der Waals surface area contributed by atoms with Crippen LogP contribution in [-0.2, 0) is 4.79 Å². The van der Waals surface area contributed by atoms with Gasteiger partial charge in [-0.2, -0.15) is 4.37 Å². The Morgan fingerprint density at radius 3 is 2.57 bits per heavy atom. The summed E-state index contributed by atoms with van der Waals surface area (Å²) in [6.07, 6.45) is 0. The minimum atomic E-state index is -0.387. The second-order valence-corrected chi connectivity index (χ2v) is 4.17. The number of amides is 1. The Bertz CT molecular complexity index is 323. The van der Waals surface area contributed by atoms with Gasteiger partial charge in [0.2, 0.25) is 11.0 Å². The first kappa shape index (κ1) is 10.9. The summed E-state index contributed by atoms with van der Waals surface area (Å²) in [4.78, 5) is 15.2. The second-order valence-electron chi connectivity index (χ2n) is 3.42. The molecule has 14 heavy (non-hydrogen) atoms. The van der Waals surface area contributed by atoms with Crippen molar-refractivity contribution in [2.24, 2.45) is 11.7 Å². The molecule has 0 radical (unpaired) electrons. The van der Waals surface area contributed by atoms with Crippen LogP contribution in [0.3, 0.4) is 0 Å². The summed E-state index contributed by atoms with van der Waals surface area (Å²) in [5.41, 5.74) is 5.25. The minimum Gasteiger partial charge on any atom is -0.368 e. The largest absolute Gasteiger partial charge is 0.368 e. The third-order valence-corrected chi connectivity index (χ3v) is 2.52. The molecule has 0 aliphatic heterocycles. The molecule has 0 unspecified atom stereocenters. The van der Waals surface area contributed by atoms with E-state index in [1.54, 1.807) is 6.92 Å². The monoisotopic (exact) mass is 214 g/mol. The molecule has 0 fully saturated rings. The van der Waals surface area contributed by atoms with Crippen molar-refractivity contribution in [3.63, 3.8) is 0 Å². The summed E-state index contributed by atoms with van der Waals surface area (Å²) in [7, 11) is 0. The number of primary amides is 1. The van der Waals surface area contributed by atoms with E-state index in [0.29, 0.717) is 11.0 Å². The maximum absolute atomic E-state index is 11.1. The molecule has 1 aromatic rings. The number of rotatable bonds is 4. The smallest absolute Gasteiger partial charge is 0.240 e. The highest BCUT2D eigenvalue weighted by molar-refractivity contribution is 7.09. The number of carbonyl (C=O) groups excluding carboxylic acids is 1. The Balaban J connectivity index is 2.69.